The van der Waals surface area contributed by atoms with Crippen LogP contribution in [0, 0.1) is 6.39 Å². The zero-order valence-corrected chi connectivity index (χ0v) is 7.83. The van der Waals surface area contributed by atoms with Crippen LogP contribution in [0.2, 0.25) is 0 Å². The van der Waals surface area contributed by atoms with Crippen LogP contribution >= 0.6 is 0 Å². The second-order valence-corrected chi connectivity index (χ2v) is 3.79. The number of nitrogens with zero attached hydrogens (tertiary/aromatic N) is 2. The highest BCUT2D eigenvalue weighted by Crippen LogP contribution is 2.28. The van der Waals surface area contributed by atoms with Gasteiger partial charge in [0.1, 0.15) is 0 Å². The molecule has 0 N–H and O–H groups in total. The highest BCUT2D eigenvalue weighted by atomic mass is 16.5. The quantitative estimate of drug-likeness (QED) is 0.665. The van der Waals surface area contributed by atoms with Crippen molar-refractivity contribution in [3.05, 3.63) is 12.2 Å². The summed E-state index contributed by atoms with van der Waals surface area (Å²) in [5, 5.41) is 3.87. The first-order valence-corrected chi connectivity index (χ1v) is 5.16. The van der Waals surface area contributed by atoms with E-state index in [0.717, 1.165) is 5.82 Å². The predicted octanol–water partition coefficient (Wildman–Crippen LogP) is 2.70. The summed E-state index contributed by atoms with van der Waals surface area (Å²) in [6, 6.07) is 0. The van der Waals surface area contributed by atoms with Crippen LogP contribution in [0.25, 0.3) is 0 Å². The zero-order chi connectivity index (χ0) is 8.93. The Morgan fingerprint density at radius 1 is 1.08 bits per heavy atom. The summed E-state index contributed by atoms with van der Waals surface area (Å²) in [6.07, 6.45) is 11.6. The van der Waals surface area contributed by atoms with Gasteiger partial charge in [-0.25, -0.2) is 0 Å². The minimum atomic E-state index is 0.523. The van der Waals surface area contributed by atoms with Crippen LogP contribution in [-0.2, 0) is 0 Å². The van der Waals surface area contributed by atoms with E-state index < -0.39 is 0 Å². The molecule has 1 radical (unpaired) electrons. The largest absolute Gasteiger partial charge is 0.329 e. The third-order valence-corrected chi connectivity index (χ3v) is 2.81. The molecule has 0 spiro atoms. The topological polar surface area (TPSA) is 38.9 Å². The Morgan fingerprint density at radius 3 is 2.38 bits per heavy atom. The molecule has 1 aliphatic rings. The molecular weight excluding hydrogens is 164 g/mol. The fourth-order valence-electron chi connectivity index (χ4n) is 2.03. The Bertz CT molecular complexity index is 225. The van der Waals surface area contributed by atoms with Gasteiger partial charge in [-0.15, -0.1) is 0 Å². The molecule has 71 valence electrons. The Balaban J connectivity index is 1.96. The highest BCUT2D eigenvalue weighted by Gasteiger charge is 2.17. The van der Waals surface area contributed by atoms with Gasteiger partial charge in [0.2, 0.25) is 0 Å². The number of rotatable bonds is 1. The molecule has 1 fully saturated rings. The van der Waals surface area contributed by atoms with Gasteiger partial charge in [-0.3, -0.25) is 0 Å². The molecule has 3 heteroatoms. The minimum Gasteiger partial charge on any atom is -0.329 e. The molecule has 0 aliphatic heterocycles. The number of hydrogen-bond acceptors (Lipinski definition) is 3. The first-order valence-electron chi connectivity index (χ1n) is 5.16. The molecule has 1 heterocycles. The van der Waals surface area contributed by atoms with Crippen molar-refractivity contribution in [2.45, 2.75) is 50.9 Å². The van der Waals surface area contributed by atoms with Crippen molar-refractivity contribution < 1.29 is 4.52 Å². The summed E-state index contributed by atoms with van der Waals surface area (Å²) < 4.78 is 4.65. The predicted molar refractivity (Wildman–Crippen MR) is 48.2 cm³/mol. The summed E-state index contributed by atoms with van der Waals surface area (Å²) in [5.74, 6) is 1.39. The van der Waals surface area contributed by atoms with E-state index in [1.807, 2.05) is 0 Å². The second kappa shape index (κ2) is 4.40. The molecule has 0 unspecified atom stereocenters. The lowest BCUT2D eigenvalue weighted by atomic mass is 9.91. The van der Waals surface area contributed by atoms with Crippen LogP contribution in [0.5, 0.6) is 0 Å². The smallest absolute Gasteiger partial charge is 0.316 e. The van der Waals surface area contributed by atoms with Crippen LogP contribution in [0.4, 0.5) is 0 Å². The van der Waals surface area contributed by atoms with Crippen molar-refractivity contribution in [3.8, 4) is 0 Å². The van der Waals surface area contributed by atoms with Crippen molar-refractivity contribution in [1.29, 1.82) is 0 Å². The van der Waals surface area contributed by atoms with Gasteiger partial charge < -0.3 is 4.52 Å². The third-order valence-electron chi connectivity index (χ3n) is 2.81. The molecule has 0 atom stereocenters. The third kappa shape index (κ3) is 2.29. The van der Waals surface area contributed by atoms with Crippen LogP contribution in [0.1, 0.15) is 56.7 Å². The highest BCUT2D eigenvalue weighted by molar-refractivity contribution is 4.91. The fourth-order valence-corrected chi connectivity index (χ4v) is 2.03. The first kappa shape index (κ1) is 8.73. The van der Waals surface area contributed by atoms with E-state index >= 15 is 0 Å². The van der Waals surface area contributed by atoms with E-state index in [9.17, 15) is 0 Å². The molecule has 1 saturated carbocycles. The summed E-state index contributed by atoms with van der Waals surface area (Å²) in [6.45, 7) is 0. The Labute approximate surface area is 78.5 Å². The van der Waals surface area contributed by atoms with Gasteiger partial charge >= 0.3 is 6.39 Å². The van der Waals surface area contributed by atoms with Crippen LogP contribution in [0.3, 0.4) is 0 Å². The average Bonchev–Trinajstić information content (AvgIpc) is 2.55. The maximum absolute atomic E-state index is 4.65. The van der Waals surface area contributed by atoms with Gasteiger partial charge in [-0.1, -0.05) is 37.3 Å². The van der Waals surface area contributed by atoms with Crippen molar-refractivity contribution in [2.24, 2.45) is 0 Å². The molecule has 1 aromatic heterocycles. The van der Waals surface area contributed by atoms with E-state index in [2.05, 4.69) is 21.1 Å². The van der Waals surface area contributed by atoms with Crippen LogP contribution in [0.15, 0.2) is 4.52 Å². The van der Waals surface area contributed by atoms with Gasteiger partial charge in [0, 0.05) is 5.92 Å². The van der Waals surface area contributed by atoms with Gasteiger partial charge in [-0.05, 0) is 12.8 Å². The van der Waals surface area contributed by atoms with E-state index in [1.54, 1.807) is 0 Å². The lowest BCUT2D eigenvalue weighted by molar-refractivity contribution is 0.382. The molecule has 0 saturated heterocycles. The molecule has 1 aromatic rings. The fraction of sp³-hybridized carbons (Fsp3) is 0.800. The molecule has 2 rings (SSSR count). The summed E-state index contributed by atoms with van der Waals surface area (Å²) in [7, 11) is 0. The monoisotopic (exact) mass is 179 g/mol. The maximum Gasteiger partial charge on any atom is 0.316 e. The van der Waals surface area contributed by atoms with E-state index in [0.29, 0.717) is 5.92 Å². The summed E-state index contributed by atoms with van der Waals surface area (Å²) >= 11 is 0. The summed E-state index contributed by atoms with van der Waals surface area (Å²) in [4.78, 5) is 4.01. The van der Waals surface area contributed by atoms with Crippen molar-refractivity contribution in [1.82, 2.24) is 10.1 Å². The van der Waals surface area contributed by atoms with E-state index in [-0.39, 0.29) is 0 Å². The Hall–Kier alpha value is -0.860. The molecule has 1 aliphatic carbocycles. The molecule has 3 nitrogen and oxygen atoms in total. The average molecular weight is 179 g/mol. The molecule has 0 bridgehead atoms. The zero-order valence-electron chi connectivity index (χ0n) is 7.83. The van der Waals surface area contributed by atoms with Crippen molar-refractivity contribution >= 4 is 0 Å². The normalized spacial score (nSPS) is 20.9. The molecular formula is C10H15N2O. The van der Waals surface area contributed by atoms with Crippen LogP contribution < -0.4 is 0 Å². The second-order valence-electron chi connectivity index (χ2n) is 3.79. The van der Waals surface area contributed by atoms with E-state index in [4.69, 9.17) is 0 Å². The minimum absolute atomic E-state index is 0.523. The number of aromatic nitrogens is 2. The standard InChI is InChI=1S/C10H15N2O/c1-2-4-6-9(7-5-3-1)10-11-8-13-12-10/h9H,1-7H2. The van der Waals surface area contributed by atoms with Gasteiger partial charge in [0.05, 0.1) is 0 Å². The first-order chi connectivity index (χ1) is 6.47. The SMILES string of the molecule is [c]1nc(C2CCCCCCC2)no1. The van der Waals surface area contributed by atoms with Gasteiger partial charge in [0.15, 0.2) is 5.82 Å². The van der Waals surface area contributed by atoms with E-state index in [1.165, 1.54) is 44.9 Å². The maximum atomic E-state index is 4.65. The number of hydrogen-bond donors (Lipinski definition) is 0. The molecule has 13 heavy (non-hydrogen) atoms. The Morgan fingerprint density at radius 2 is 1.77 bits per heavy atom. The van der Waals surface area contributed by atoms with Crippen molar-refractivity contribution in [3.63, 3.8) is 0 Å². The lowest BCUT2D eigenvalue weighted by Crippen LogP contribution is -2.03. The van der Waals surface area contributed by atoms with Crippen molar-refractivity contribution in [2.75, 3.05) is 0 Å². The molecule has 0 aromatic carbocycles. The lowest BCUT2D eigenvalue weighted by Gasteiger charge is -2.15. The van der Waals surface area contributed by atoms with Gasteiger partial charge in [-0.2, -0.15) is 4.98 Å². The summed E-state index contributed by atoms with van der Waals surface area (Å²) in [5.41, 5.74) is 0. The molecule has 0 amide bonds. The van der Waals surface area contributed by atoms with Crippen LogP contribution in [-0.4, -0.2) is 10.1 Å². The van der Waals surface area contributed by atoms with Gasteiger partial charge in [0.25, 0.3) is 0 Å². The Kier molecular flexibility index (Phi) is 2.95.